The molecular weight excluding hydrogens is 386 g/mol. The molecule has 1 amide bonds. The lowest BCUT2D eigenvalue weighted by Crippen LogP contribution is -2.39. The van der Waals surface area contributed by atoms with Crippen LogP contribution in [0, 0.1) is 0 Å². The molecule has 0 aliphatic heterocycles. The van der Waals surface area contributed by atoms with Gasteiger partial charge in [0.1, 0.15) is 5.56 Å². The molecule has 3 rings (SSSR count). The fraction of sp³-hybridized carbons (Fsp3) is 0.391. The molecule has 7 nitrogen and oxygen atoms in total. The molecule has 0 bridgehead atoms. The Morgan fingerprint density at radius 3 is 2.43 bits per heavy atom. The first-order valence-corrected chi connectivity index (χ1v) is 9.88. The lowest BCUT2D eigenvalue weighted by Gasteiger charge is -2.27. The zero-order valence-electron chi connectivity index (χ0n) is 17.7. The first-order valence-electron chi connectivity index (χ1n) is 9.88. The topological polar surface area (TPSA) is 83.1 Å². The maximum Gasteiger partial charge on any atom is 0.342 e. The summed E-state index contributed by atoms with van der Waals surface area (Å²) in [4.78, 5) is 25.4. The van der Waals surface area contributed by atoms with E-state index in [2.05, 4.69) is 11.4 Å². The highest BCUT2D eigenvalue weighted by Gasteiger charge is 2.28. The fourth-order valence-electron chi connectivity index (χ4n) is 3.73. The Hall–Kier alpha value is -3.22. The predicted molar refractivity (Wildman–Crippen MR) is 111 cm³/mol. The standard InChI is InChI=1S/C23H27NO6/c1-14(22(25)24-18-11-7-9-15-8-5-6-10-16(15)18)30-23(26)17-12-13-19(27-2)21(29-4)20(17)28-3/h5-6,8,10,12-14,18H,7,9,11H2,1-4H3,(H,24,25)/t14-,18+/m1/s1. The van der Waals surface area contributed by atoms with Crippen molar-refractivity contribution < 1.29 is 28.5 Å². The van der Waals surface area contributed by atoms with Gasteiger partial charge in [-0.2, -0.15) is 0 Å². The molecule has 2 aromatic carbocycles. The minimum absolute atomic E-state index is 0.0841. The Balaban J connectivity index is 1.71. The van der Waals surface area contributed by atoms with Crippen LogP contribution >= 0.6 is 0 Å². The number of esters is 1. The third kappa shape index (κ3) is 4.35. The Labute approximate surface area is 176 Å². The summed E-state index contributed by atoms with van der Waals surface area (Å²) in [7, 11) is 4.36. The second-order valence-electron chi connectivity index (χ2n) is 7.08. The van der Waals surface area contributed by atoms with Crippen molar-refractivity contribution in [3.63, 3.8) is 0 Å². The van der Waals surface area contributed by atoms with Crippen molar-refractivity contribution in [2.45, 2.75) is 38.3 Å². The first kappa shape index (κ1) is 21.5. The van der Waals surface area contributed by atoms with Crippen LogP contribution in [0.2, 0.25) is 0 Å². The van der Waals surface area contributed by atoms with Crippen molar-refractivity contribution in [3.8, 4) is 17.2 Å². The van der Waals surface area contributed by atoms with Gasteiger partial charge in [0.25, 0.3) is 5.91 Å². The van der Waals surface area contributed by atoms with E-state index in [9.17, 15) is 9.59 Å². The van der Waals surface area contributed by atoms with Crippen molar-refractivity contribution in [1.29, 1.82) is 0 Å². The number of methoxy groups -OCH3 is 3. The molecule has 0 saturated heterocycles. The van der Waals surface area contributed by atoms with Gasteiger partial charge >= 0.3 is 5.97 Å². The molecule has 1 N–H and O–H groups in total. The molecule has 1 aliphatic carbocycles. The van der Waals surface area contributed by atoms with Gasteiger partial charge < -0.3 is 24.3 Å². The molecule has 0 heterocycles. The number of carbonyl (C=O) groups is 2. The average molecular weight is 413 g/mol. The summed E-state index contributed by atoms with van der Waals surface area (Å²) in [6.45, 7) is 1.55. The molecule has 0 radical (unpaired) electrons. The number of amides is 1. The fourth-order valence-corrected chi connectivity index (χ4v) is 3.73. The normalized spacial score (nSPS) is 16.1. The molecule has 0 saturated carbocycles. The lowest BCUT2D eigenvalue weighted by molar-refractivity contribution is -0.130. The molecule has 0 spiro atoms. The summed E-state index contributed by atoms with van der Waals surface area (Å²) in [5, 5.41) is 3.01. The number of fused-ring (bicyclic) bond motifs is 1. The lowest BCUT2D eigenvalue weighted by atomic mass is 9.87. The van der Waals surface area contributed by atoms with E-state index in [0.29, 0.717) is 5.75 Å². The summed E-state index contributed by atoms with van der Waals surface area (Å²) >= 11 is 0. The van der Waals surface area contributed by atoms with Gasteiger partial charge in [0.15, 0.2) is 17.6 Å². The maximum atomic E-state index is 12.7. The van der Waals surface area contributed by atoms with Crippen molar-refractivity contribution in [1.82, 2.24) is 5.32 Å². The third-order valence-corrected chi connectivity index (χ3v) is 5.26. The minimum Gasteiger partial charge on any atom is -0.493 e. The summed E-state index contributed by atoms with van der Waals surface area (Å²) in [5.41, 5.74) is 2.52. The highest BCUT2D eigenvalue weighted by atomic mass is 16.6. The Kier molecular flexibility index (Phi) is 6.82. The van der Waals surface area contributed by atoms with Crippen LogP contribution in [0.25, 0.3) is 0 Å². The molecule has 160 valence electrons. The largest absolute Gasteiger partial charge is 0.493 e. The van der Waals surface area contributed by atoms with E-state index in [0.717, 1.165) is 24.8 Å². The molecule has 2 atom stereocenters. The van der Waals surface area contributed by atoms with E-state index >= 15 is 0 Å². The Bertz CT molecular complexity index is 926. The number of hydrogen-bond donors (Lipinski definition) is 1. The second kappa shape index (κ2) is 9.52. The van der Waals surface area contributed by atoms with Crippen LogP contribution < -0.4 is 19.5 Å². The molecule has 0 fully saturated rings. The van der Waals surface area contributed by atoms with Gasteiger partial charge in [0.2, 0.25) is 5.75 Å². The van der Waals surface area contributed by atoms with Crippen LogP contribution in [0.5, 0.6) is 17.2 Å². The monoisotopic (exact) mass is 413 g/mol. The summed E-state index contributed by atoms with van der Waals surface area (Å²) < 4.78 is 21.3. The van der Waals surface area contributed by atoms with Crippen LogP contribution in [0.15, 0.2) is 36.4 Å². The minimum atomic E-state index is -0.968. The maximum absolute atomic E-state index is 12.7. The SMILES string of the molecule is COc1ccc(C(=O)O[C@H](C)C(=O)N[C@H]2CCCc3ccccc32)c(OC)c1OC. The number of aryl methyl sites for hydroxylation is 1. The quantitative estimate of drug-likeness (QED) is 0.700. The zero-order valence-corrected chi connectivity index (χ0v) is 17.7. The van der Waals surface area contributed by atoms with E-state index in [1.54, 1.807) is 13.0 Å². The van der Waals surface area contributed by atoms with Gasteiger partial charge in [-0.15, -0.1) is 0 Å². The molecule has 7 heteroatoms. The van der Waals surface area contributed by atoms with Crippen LogP contribution in [0.4, 0.5) is 0 Å². The van der Waals surface area contributed by atoms with Gasteiger partial charge in [0, 0.05) is 0 Å². The highest BCUT2D eigenvalue weighted by molar-refractivity contribution is 5.96. The van der Waals surface area contributed by atoms with Crippen LogP contribution in [-0.4, -0.2) is 39.3 Å². The zero-order chi connectivity index (χ0) is 21.7. The number of ether oxygens (including phenoxy) is 4. The molecule has 1 aliphatic rings. The molecular formula is C23H27NO6. The van der Waals surface area contributed by atoms with E-state index in [1.165, 1.54) is 33.0 Å². The van der Waals surface area contributed by atoms with Crippen molar-refractivity contribution in [3.05, 3.63) is 53.1 Å². The summed E-state index contributed by atoms with van der Waals surface area (Å²) in [6.07, 6.45) is 1.89. The smallest absolute Gasteiger partial charge is 0.342 e. The van der Waals surface area contributed by atoms with Crippen LogP contribution in [0.1, 0.15) is 47.3 Å². The van der Waals surface area contributed by atoms with E-state index < -0.39 is 12.1 Å². The molecule has 0 aromatic heterocycles. The van der Waals surface area contributed by atoms with E-state index in [-0.39, 0.29) is 29.0 Å². The van der Waals surface area contributed by atoms with Crippen LogP contribution in [-0.2, 0) is 16.0 Å². The van der Waals surface area contributed by atoms with Crippen molar-refractivity contribution in [2.75, 3.05) is 21.3 Å². The van der Waals surface area contributed by atoms with Gasteiger partial charge in [0.05, 0.1) is 27.4 Å². The van der Waals surface area contributed by atoms with E-state index in [1.807, 2.05) is 18.2 Å². The summed E-state index contributed by atoms with van der Waals surface area (Å²) in [5.74, 6) is -0.127. The average Bonchev–Trinajstić information content (AvgIpc) is 2.77. The number of rotatable bonds is 7. The second-order valence-corrected chi connectivity index (χ2v) is 7.08. The van der Waals surface area contributed by atoms with Gasteiger partial charge in [-0.1, -0.05) is 24.3 Å². The molecule has 2 aromatic rings. The Morgan fingerprint density at radius 1 is 1.00 bits per heavy atom. The van der Waals surface area contributed by atoms with Crippen molar-refractivity contribution >= 4 is 11.9 Å². The third-order valence-electron chi connectivity index (χ3n) is 5.26. The number of benzene rings is 2. The van der Waals surface area contributed by atoms with Crippen LogP contribution in [0.3, 0.4) is 0 Å². The van der Waals surface area contributed by atoms with E-state index in [4.69, 9.17) is 18.9 Å². The molecule has 0 unspecified atom stereocenters. The first-order chi connectivity index (χ1) is 14.5. The number of nitrogens with one attached hydrogen (secondary N) is 1. The summed E-state index contributed by atoms with van der Waals surface area (Å²) in [6, 6.07) is 11.1. The molecule has 30 heavy (non-hydrogen) atoms. The number of carbonyl (C=O) groups excluding carboxylic acids is 2. The number of hydrogen-bond acceptors (Lipinski definition) is 6. The highest BCUT2D eigenvalue weighted by Crippen LogP contribution is 2.40. The Morgan fingerprint density at radius 2 is 1.73 bits per heavy atom. The van der Waals surface area contributed by atoms with Crippen molar-refractivity contribution in [2.24, 2.45) is 0 Å². The van der Waals surface area contributed by atoms with Gasteiger partial charge in [-0.05, 0) is 49.4 Å². The van der Waals surface area contributed by atoms with Gasteiger partial charge in [-0.3, -0.25) is 4.79 Å². The predicted octanol–water partition coefficient (Wildman–Crippen LogP) is 3.45. The van der Waals surface area contributed by atoms with Gasteiger partial charge in [-0.25, -0.2) is 4.79 Å².